The summed E-state index contributed by atoms with van der Waals surface area (Å²) in [5.41, 5.74) is 4.74. The summed E-state index contributed by atoms with van der Waals surface area (Å²) in [7, 11) is 0. The number of halogens is 2. The van der Waals surface area contributed by atoms with Crippen LogP contribution in [0.2, 0.25) is 0 Å². The second kappa shape index (κ2) is 5.59. The summed E-state index contributed by atoms with van der Waals surface area (Å²) in [6.45, 7) is 1.80. The van der Waals surface area contributed by atoms with E-state index in [0.29, 0.717) is 11.4 Å². The van der Waals surface area contributed by atoms with Crippen molar-refractivity contribution < 1.29 is 24.6 Å². The van der Waals surface area contributed by atoms with Crippen LogP contribution < -0.4 is 20.9 Å². The molecule has 0 unspecified atom stereocenters. The molecule has 0 bridgehead atoms. The summed E-state index contributed by atoms with van der Waals surface area (Å²) in [6, 6.07) is 11.0. The molecule has 1 fully saturated rings. The molecule has 2 aliphatic rings. The number of nitrogens with zero attached hydrogens (tertiary/aromatic N) is 2. The summed E-state index contributed by atoms with van der Waals surface area (Å²) < 4.78 is 26.6. The third kappa shape index (κ3) is 2.20. The second-order valence-electron chi connectivity index (χ2n) is 5.37. The molecule has 2 heterocycles. The standard InChI is InChI=1S/C16H12F2N4O.H2O/c1-9-15-16(23)21(10-6-7-11(17)12(18)8-10)20-22(15)14-5-3-2-4-13(14)19-9;/h2-8,19-20H,1H3;1H2. The Hall–Kier alpha value is -2.97. The molecule has 2 aromatic carbocycles. The van der Waals surface area contributed by atoms with Crippen LogP contribution in [0.1, 0.15) is 6.92 Å². The summed E-state index contributed by atoms with van der Waals surface area (Å²) in [6.07, 6.45) is 0. The molecule has 1 amide bonds. The van der Waals surface area contributed by atoms with Crippen molar-refractivity contribution >= 4 is 23.0 Å². The van der Waals surface area contributed by atoms with Crippen molar-refractivity contribution in [3.63, 3.8) is 0 Å². The first kappa shape index (κ1) is 15.9. The van der Waals surface area contributed by atoms with Gasteiger partial charge in [-0.2, -0.15) is 5.01 Å². The lowest BCUT2D eigenvalue weighted by molar-refractivity contribution is -0.653. The van der Waals surface area contributed by atoms with E-state index in [1.165, 1.54) is 11.1 Å². The first-order valence-electron chi connectivity index (χ1n) is 7.06. The van der Waals surface area contributed by atoms with E-state index in [1.54, 1.807) is 17.5 Å². The van der Waals surface area contributed by atoms with Crippen LogP contribution in [-0.4, -0.2) is 11.4 Å². The van der Waals surface area contributed by atoms with Gasteiger partial charge in [0.1, 0.15) is 11.4 Å². The monoisotopic (exact) mass is 332 g/mol. The van der Waals surface area contributed by atoms with Crippen molar-refractivity contribution in [1.29, 1.82) is 0 Å². The van der Waals surface area contributed by atoms with Crippen LogP contribution in [0.15, 0.2) is 53.9 Å². The third-order valence-electron chi connectivity index (χ3n) is 3.92. The zero-order valence-corrected chi connectivity index (χ0v) is 12.6. The Labute approximate surface area is 136 Å². The number of fused-ring (bicyclic) bond motifs is 3. The van der Waals surface area contributed by atoms with Crippen molar-refractivity contribution in [2.24, 2.45) is 0 Å². The lowest BCUT2D eigenvalue weighted by Crippen LogP contribution is -2.98. The number of amides is 1. The highest BCUT2D eigenvalue weighted by molar-refractivity contribution is 6.09. The number of nitrogens with one attached hydrogen (secondary N) is 1. The van der Waals surface area contributed by atoms with E-state index in [-0.39, 0.29) is 17.1 Å². The maximum absolute atomic E-state index is 13.5. The van der Waals surface area contributed by atoms with Crippen LogP contribution in [-0.2, 0) is 4.79 Å². The van der Waals surface area contributed by atoms with Crippen molar-refractivity contribution in [2.75, 3.05) is 15.3 Å². The van der Waals surface area contributed by atoms with Gasteiger partial charge in [-0.15, -0.1) is 10.5 Å². The molecule has 0 radical (unpaired) electrons. The molecule has 0 aromatic heterocycles. The number of allylic oxidation sites excluding steroid dienone is 1. The number of benzene rings is 2. The number of para-hydroxylation sites is 2. The zero-order chi connectivity index (χ0) is 16.1. The average molecular weight is 332 g/mol. The van der Waals surface area contributed by atoms with Gasteiger partial charge in [0.2, 0.25) is 0 Å². The number of anilines is 3. The Morgan fingerprint density at radius 3 is 2.54 bits per heavy atom. The highest BCUT2D eigenvalue weighted by Crippen LogP contribution is 2.35. The molecule has 2 aliphatic heterocycles. The van der Waals surface area contributed by atoms with E-state index in [9.17, 15) is 13.6 Å². The van der Waals surface area contributed by atoms with Gasteiger partial charge in [0.25, 0.3) is 0 Å². The molecule has 24 heavy (non-hydrogen) atoms. The fourth-order valence-electron chi connectivity index (χ4n) is 2.84. The Kier molecular flexibility index (Phi) is 3.70. The number of hydrogen-bond acceptors (Lipinski definition) is 4. The van der Waals surface area contributed by atoms with Gasteiger partial charge < -0.3 is 10.8 Å². The summed E-state index contributed by atoms with van der Waals surface area (Å²) in [5.74, 6) is -2.23. The van der Waals surface area contributed by atoms with Gasteiger partial charge in [-0.3, -0.25) is 4.79 Å². The van der Waals surface area contributed by atoms with Crippen molar-refractivity contribution in [1.82, 2.24) is 0 Å². The van der Waals surface area contributed by atoms with E-state index in [1.807, 2.05) is 24.3 Å². The minimum atomic E-state index is -0.988. The van der Waals surface area contributed by atoms with E-state index in [2.05, 4.69) is 5.32 Å². The zero-order valence-electron chi connectivity index (χ0n) is 12.6. The lowest BCUT2D eigenvalue weighted by atomic mass is 10.1. The average Bonchev–Trinajstić information content (AvgIpc) is 2.89. The normalized spacial score (nSPS) is 15.7. The lowest BCUT2D eigenvalue weighted by Gasteiger charge is -2.24. The van der Waals surface area contributed by atoms with E-state index in [0.717, 1.165) is 23.5 Å². The topological polar surface area (TPSA) is 82.2 Å². The summed E-state index contributed by atoms with van der Waals surface area (Å²) >= 11 is 0. The predicted octanol–water partition coefficient (Wildman–Crippen LogP) is 1.69. The quantitative estimate of drug-likeness (QED) is 0.615. The van der Waals surface area contributed by atoms with Gasteiger partial charge >= 0.3 is 5.91 Å². The molecule has 0 aliphatic carbocycles. The summed E-state index contributed by atoms with van der Waals surface area (Å²) in [5, 5.41) is 6.26. The molecule has 0 spiro atoms. The number of nitrogens with two attached hydrogens (primary N) is 1. The molecule has 4 rings (SSSR count). The van der Waals surface area contributed by atoms with Crippen LogP contribution in [0.4, 0.5) is 25.8 Å². The first-order valence-corrected chi connectivity index (χ1v) is 7.06. The van der Waals surface area contributed by atoms with Gasteiger partial charge in [-0.1, -0.05) is 12.1 Å². The molecule has 2 aromatic rings. The molecule has 1 saturated heterocycles. The molecule has 124 valence electrons. The Morgan fingerprint density at radius 2 is 1.79 bits per heavy atom. The van der Waals surface area contributed by atoms with Gasteiger partial charge in [0.15, 0.2) is 17.3 Å². The molecule has 6 nitrogen and oxygen atoms in total. The van der Waals surface area contributed by atoms with Crippen LogP contribution in [0.25, 0.3) is 0 Å². The number of carbonyl (C=O) groups is 1. The van der Waals surface area contributed by atoms with Crippen molar-refractivity contribution in [3.05, 3.63) is 65.5 Å². The predicted molar refractivity (Wildman–Crippen MR) is 82.9 cm³/mol. The van der Waals surface area contributed by atoms with Gasteiger partial charge in [-0.25, -0.2) is 8.78 Å². The largest absolute Gasteiger partial charge is 0.870 e. The SMILES string of the molecule is CC1=C2C(=O)N(c3ccc(F)c(F)c3)[NH2+]N2c2ccccc2N1.[OH-]. The maximum Gasteiger partial charge on any atom is 0.329 e. The van der Waals surface area contributed by atoms with E-state index >= 15 is 0 Å². The van der Waals surface area contributed by atoms with Crippen LogP contribution in [0, 0.1) is 11.6 Å². The highest BCUT2D eigenvalue weighted by Gasteiger charge is 2.43. The Bertz CT molecular complexity index is 869. The van der Waals surface area contributed by atoms with Crippen molar-refractivity contribution in [3.8, 4) is 0 Å². The van der Waals surface area contributed by atoms with E-state index < -0.39 is 11.6 Å². The Morgan fingerprint density at radius 1 is 1.04 bits per heavy atom. The number of rotatable bonds is 1. The van der Waals surface area contributed by atoms with E-state index in [4.69, 9.17) is 0 Å². The molecular weight excluding hydrogens is 318 g/mol. The first-order chi connectivity index (χ1) is 11.1. The van der Waals surface area contributed by atoms with Gasteiger partial charge in [0, 0.05) is 11.8 Å². The minimum Gasteiger partial charge on any atom is -0.870 e. The van der Waals surface area contributed by atoms with Gasteiger partial charge in [0.05, 0.1) is 5.69 Å². The fourth-order valence-corrected chi connectivity index (χ4v) is 2.84. The van der Waals surface area contributed by atoms with Crippen LogP contribution >= 0.6 is 0 Å². The molecule has 8 heteroatoms. The molecule has 0 atom stereocenters. The third-order valence-corrected chi connectivity index (χ3v) is 3.92. The Balaban J connectivity index is 0.00000169. The van der Waals surface area contributed by atoms with Gasteiger partial charge in [-0.05, 0) is 31.2 Å². The van der Waals surface area contributed by atoms with Crippen LogP contribution in [0.3, 0.4) is 0 Å². The number of carbonyl (C=O) groups excluding carboxylic acids is 1. The molecule has 0 saturated carbocycles. The smallest absolute Gasteiger partial charge is 0.329 e. The molecule has 4 N–H and O–H groups in total. The second-order valence-corrected chi connectivity index (χ2v) is 5.37. The van der Waals surface area contributed by atoms with Crippen molar-refractivity contribution in [2.45, 2.75) is 6.92 Å². The number of hydrogen-bond donors (Lipinski definition) is 2. The fraction of sp³-hybridized carbons (Fsp3) is 0.0625. The maximum atomic E-state index is 13.5. The number of quaternary nitrogens is 1. The minimum absolute atomic E-state index is 0. The summed E-state index contributed by atoms with van der Waals surface area (Å²) in [4.78, 5) is 12.7. The van der Waals surface area contributed by atoms with Crippen LogP contribution in [0.5, 0.6) is 0 Å². The molecular formula is C16H14F2N4O2. The highest BCUT2D eigenvalue weighted by atomic mass is 19.2.